The van der Waals surface area contributed by atoms with E-state index in [2.05, 4.69) is 41.0 Å². The molecule has 1 aliphatic rings. The molecular weight excluding hydrogens is 436 g/mol. The van der Waals surface area contributed by atoms with Crippen molar-refractivity contribution in [2.45, 2.75) is 57.4 Å². The monoisotopic (exact) mass is 472 g/mol. The number of anilines is 2. The Labute approximate surface area is 198 Å². The largest absolute Gasteiger partial charge is 0.367 e. The second-order valence-corrected chi connectivity index (χ2v) is 11.3. The van der Waals surface area contributed by atoms with Gasteiger partial charge >= 0.3 is 0 Å². The molecule has 1 heterocycles. The molecule has 33 heavy (non-hydrogen) atoms. The number of piperazine rings is 1. The standard InChI is InChI=1S/C25H36N4O3S/c1-6-18(2)27-24(30)19-7-12-23(29-15-13-26-14-16-29)22(17-19)28-33(31,32)21-10-8-20(9-11-21)25(3,4)5/h7-12,17-18,26,28H,6,13-16H2,1-5H3,(H,27,30)/t18-/m0/s1. The van der Waals surface area contributed by atoms with Gasteiger partial charge in [0.05, 0.1) is 16.3 Å². The van der Waals surface area contributed by atoms with Gasteiger partial charge in [0.15, 0.2) is 0 Å². The Hall–Kier alpha value is -2.58. The number of sulfonamides is 1. The normalized spacial score (nSPS) is 15.7. The molecule has 2 aromatic rings. The summed E-state index contributed by atoms with van der Waals surface area (Å²) in [5.41, 5.74) is 2.60. The third kappa shape index (κ3) is 6.26. The van der Waals surface area contributed by atoms with E-state index in [1.807, 2.05) is 32.0 Å². The lowest BCUT2D eigenvalue weighted by molar-refractivity contribution is 0.0939. The lowest BCUT2D eigenvalue weighted by Crippen LogP contribution is -2.43. The van der Waals surface area contributed by atoms with E-state index >= 15 is 0 Å². The number of hydrogen-bond acceptors (Lipinski definition) is 5. The van der Waals surface area contributed by atoms with Crippen molar-refractivity contribution in [3.8, 4) is 0 Å². The fraction of sp³-hybridized carbons (Fsp3) is 0.480. The van der Waals surface area contributed by atoms with Gasteiger partial charge in [-0.25, -0.2) is 8.42 Å². The van der Waals surface area contributed by atoms with Crippen LogP contribution in [0.5, 0.6) is 0 Å². The highest BCUT2D eigenvalue weighted by Crippen LogP contribution is 2.31. The maximum Gasteiger partial charge on any atom is 0.261 e. The van der Waals surface area contributed by atoms with Gasteiger partial charge in [-0.05, 0) is 54.7 Å². The lowest BCUT2D eigenvalue weighted by Gasteiger charge is -2.31. The Bertz CT molecular complexity index is 1070. The van der Waals surface area contributed by atoms with E-state index in [9.17, 15) is 13.2 Å². The number of carbonyl (C=O) groups excluding carboxylic acids is 1. The molecule has 0 spiro atoms. The number of nitrogens with zero attached hydrogens (tertiary/aromatic N) is 1. The summed E-state index contributed by atoms with van der Waals surface area (Å²) in [6.07, 6.45) is 0.814. The van der Waals surface area contributed by atoms with Crippen LogP contribution in [0.15, 0.2) is 47.4 Å². The predicted octanol–water partition coefficient (Wildman–Crippen LogP) is 3.72. The van der Waals surface area contributed by atoms with Gasteiger partial charge in [0.2, 0.25) is 0 Å². The summed E-state index contributed by atoms with van der Waals surface area (Å²) in [6.45, 7) is 13.4. The molecule has 3 N–H and O–H groups in total. The minimum absolute atomic E-state index is 0.0341. The highest BCUT2D eigenvalue weighted by Gasteiger charge is 2.22. The summed E-state index contributed by atoms with van der Waals surface area (Å²) in [5.74, 6) is -0.216. The van der Waals surface area contributed by atoms with Crippen LogP contribution in [0.1, 0.15) is 57.0 Å². The smallest absolute Gasteiger partial charge is 0.261 e. The number of hydrogen-bond donors (Lipinski definition) is 3. The van der Waals surface area contributed by atoms with Gasteiger partial charge in [-0.15, -0.1) is 0 Å². The first-order valence-electron chi connectivity index (χ1n) is 11.5. The summed E-state index contributed by atoms with van der Waals surface area (Å²) >= 11 is 0. The molecule has 8 heteroatoms. The first kappa shape index (κ1) is 25.1. The molecule has 1 amide bonds. The molecule has 1 fully saturated rings. The second-order valence-electron chi connectivity index (χ2n) is 9.63. The van der Waals surface area contributed by atoms with E-state index in [0.717, 1.165) is 43.9 Å². The van der Waals surface area contributed by atoms with Crippen LogP contribution >= 0.6 is 0 Å². The zero-order valence-corrected chi connectivity index (χ0v) is 21.1. The van der Waals surface area contributed by atoms with Crippen LogP contribution in [0, 0.1) is 0 Å². The average molecular weight is 473 g/mol. The Balaban J connectivity index is 1.95. The molecule has 0 unspecified atom stereocenters. The Morgan fingerprint density at radius 1 is 1.09 bits per heavy atom. The van der Waals surface area contributed by atoms with E-state index in [4.69, 9.17) is 0 Å². The highest BCUT2D eigenvalue weighted by atomic mass is 32.2. The molecule has 1 atom stereocenters. The van der Waals surface area contributed by atoms with Crippen molar-refractivity contribution >= 4 is 27.3 Å². The summed E-state index contributed by atoms with van der Waals surface area (Å²) in [4.78, 5) is 15.0. The number of rotatable bonds is 7. The van der Waals surface area contributed by atoms with E-state index in [1.165, 1.54) is 0 Å². The number of carbonyl (C=O) groups is 1. The minimum Gasteiger partial charge on any atom is -0.367 e. The molecule has 1 saturated heterocycles. The van der Waals surface area contributed by atoms with Crippen molar-refractivity contribution in [2.24, 2.45) is 0 Å². The molecule has 0 saturated carbocycles. The first-order valence-corrected chi connectivity index (χ1v) is 13.0. The fourth-order valence-corrected chi connectivity index (χ4v) is 4.75. The van der Waals surface area contributed by atoms with Crippen molar-refractivity contribution in [1.29, 1.82) is 0 Å². The molecule has 7 nitrogen and oxygen atoms in total. The van der Waals surface area contributed by atoms with Crippen molar-refractivity contribution in [3.63, 3.8) is 0 Å². The van der Waals surface area contributed by atoms with Crippen LogP contribution in [0.3, 0.4) is 0 Å². The fourth-order valence-electron chi connectivity index (χ4n) is 3.69. The van der Waals surface area contributed by atoms with Crippen LogP contribution < -0.4 is 20.3 Å². The molecule has 0 aliphatic carbocycles. The third-order valence-electron chi connectivity index (χ3n) is 5.98. The zero-order valence-electron chi connectivity index (χ0n) is 20.2. The predicted molar refractivity (Wildman–Crippen MR) is 135 cm³/mol. The van der Waals surface area contributed by atoms with E-state index in [0.29, 0.717) is 11.3 Å². The third-order valence-corrected chi connectivity index (χ3v) is 7.36. The molecule has 0 aromatic heterocycles. The first-order chi connectivity index (χ1) is 15.5. The minimum atomic E-state index is -3.83. The van der Waals surface area contributed by atoms with Crippen LogP contribution in [-0.4, -0.2) is 46.5 Å². The molecular formula is C25H36N4O3S. The van der Waals surface area contributed by atoms with Crippen LogP contribution in [0.4, 0.5) is 11.4 Å². The maximum atomic E-state index is 13.3. The number of benzene rings is 2. The van der Waals surface area contributed by atoms with Crippen molar-refractivity contribution in [3.05, 3.63) is 53.6 Å². The van der Waals surface area contributed by atoms with Gasteiger partial charge in [-0.1, -0.05) is 39.8 Å². The van der Waals surface area contributed by atoms with E-state index < -0.39 is 10.0 Å². The van der Waals surface area contributed by atoms with Gasteiger partial charge in [-0.3, -0.25) is 9.52 Å². The Kier molecular flexibility index (Phi) is 7.69. The average Bonchev–Trinajstić information content (AvgIpc) is 2.78. The van der Waals surface area contributed by atoms with Crippen molar-refractivity contribution in [2.75, 3.05) is 35.8 Å². The lowest BCUT2D eigenvalue weighted by atomic mass is 9.87. The van der Waals surface area contributed by atoms with Crippen LogP contribution in [0.25, 0.3) is 0 Å². The molecule has 3 rings (SSSR count). The Morgan fingerprint density at radius 2 is 1.73 bits per heavy atom. The van der Waals surface area contributed by atoms with Gasteiger partial charge in [0, 0.05) is 37.8 Å². The summed E-state index contributed by atoms with van der Waals surface area (Å²) in [6, 6.07) is 12.2. The van der Waals surface area contributed by atoms with Gasteiger partial charge in [0.25, 0.3) is 15.9 Å². The zero-order chi connectivity index (χ0) is 24.2. The molecule has 2 aromatic carbocycles. The second kappa shape index (κ2) is 10.1. The van der Waals surface area contributed by atoms with Crippen LogP contribution in [0.2, 0.25) is 0 Å². The maximum absolute atomic E-state index is 13.3. The molecule has 0 radical (unpaired) electrons. The quantitative estimate of drug-likeness (QED) is 0.571. The van der Waals surface area contributed by atoms with Gasteiger partial charge < -0.3 is 15.5 Å². The van der Waals surface area contributed by atoms with E-state index in [-0.39, 0.29) is 22.3 Å². The van der Waals surface area contributed by atoms with E-state index in [1.54, 1.807) is 24.3 Å². The summed E-state index contributed by atoms with van der Waals surface area (Å²) in [5, 5.41) is 6.26. The SMILES string of the molecule is CC[C@H](C)NC(=O)c1ccc(N2CCNCC2)c(NS(=O)(=O)c2ccc(C(C)(C)C)cc2)c1. The molecule has 1 aliphatic heterocycles. The van der Waals surface area contributed by atoms with Crippen molar-refractivity contribution < 1.29 is 13.2 Å². The van der Waals surface area contributed by atoms with Gasteiger partial charge in [0.1, 0.15) is 0 Å². The topological polar surface area (TPSA) is 90.5 Å². The summed E-state index contributed by atoms with van der Waals surface area (Å²) in [7, 11) is -3.83. The van der Waals surface area contributed by atoms with Crippen LogP contribution in [-0.2, 0) is 15.4 Å². The number of nitrogens with one attached hydrogen (secondary N) is 3. The molecule has 180 valence electrons. The highest BCUT2D eigenvalue weighted by molar-refractivity contribution is 7.92. The Morgan fingerprint density at radius 3 is 2.30 bits per heavy atom. The summed E-state index contributed by atoms with van der Waals surface area (Å²) < 4.78 is 29.3. The molecule has 0 bridgehead atoms. The van der Waals surface area contributed by atoms with Gasteiger partial charge in [-0.2, -0.15) is 0 Å². The number of amides is 1. The van der Waals surface area contributed by atoms with Crippen molar-refractivity contribution in [1.82, 2.24) is 10.6 Å².